The van der Waals surface area contributed by atoms with Crippen LogP contribution in [0.3, 0.4) is 0 Å². The number of carbonyl (C=O) groups is 2. The van der Waals surface area contributed by atoms with Gasteiger partial charge in [-0.05, 0) is 55.2 Å². The van der Waals surface area contributed by atoms with Crippen molar-refractivity contribution >= 4 is 40.7 Å². The highest BCUT2D eigenvalue weighted by Gasteiger charge is 2.22. The third kappa shape index (κ3) is 4.37. The monoisotopic (exact) mass is 390 g/mol. The first-order valence-electron chi connectivity index (χ1n) is 8.60. The van der Waals surface area contributed by atoms with Gasteiger partial charge in [0.2, 0.25) is 0 Å². The van der Waals surface area contributed by atoms with Crippen LogP contribution in [-0.4, -0.2) is 29.8 Å². The van der Waals surface area contributed by atoms with Crippen molar-refractivity contribution in [2.75, 3.05) is 18.4 Å². The smallest absolute Gasteiger partial charge is 0.255 e. The molecule has 1 fully saturated rings. The van der Waals surface area contributed by atoms with Gasteiger partial charge in [0.15, 0.2) is 0 Å². The quantitative estimate of drug-likeness (QED) is 0.790. The number of nitrogens with one attached hydrogen (secondary N) is 1. The summed E-state index contributed by atoms with van der Waals surface area (Å²) in [6.45, 7) is 3.67. The zero-order valence-corrected chi connectivity index (χ0v) is 16.0. The van der Waals surface area contributed by atoms with Crippen LogP contribution in [0.4, 0.5) is 5.69 Å². The molecule has 0 spiro atoms. The zero-order chi connectivity index (χ0) is 18.7. The van der Waals surface area contributed by atoms with Gasteiger partial charge in [0.05, 0.1) is 10.7 Å². The molecule has 0 aromatic heterocycles. The van der Waals surface area contributed by atoms with Gasteiger partial charge in [-0.3, -0.25) is 9.59 Å². The standard InChI is InChI=1S/C20H20Cl2N2O2/c1-13-4-3-9-24(12-13)20(26)15-6-2-5-14(10-15)19(25)23-18-11-16(21)7-8-17(18)22/h2,5-8,10-11,13H,3-4,9,12H2,1H3,(H,23,25). The second kappa shape index (κ2) is 8.11. The molecular formula is C20H20Cl2N2O2. The van der Waals surface area contributed by atoms with Crippen molar-refractivity contribution < 1.29 is 9.59 Å². The van der Waals surface area contributed by atoms with Crippen LogP contribution in [0.25, 0.3) is 0 Å². The van der Waals surface area contributed by atoms with Crippen molar-refractivity contribution in [1.29, 1.82) is 0 Å². The molecule has 0 bridgehead atoms. The predicted molar refractivity (Wildman–Crippen MR) is 105 cm³/mol. The molecule has 1 unspecified atom stereocenters. The maximum atomic E-state index is 12.7. The third-order valence-corrected chi connectivity index (χ3v) is 5.06. The van der Waals surface area contributed by atoms with E-state index in [-0.39, 0.29) is 11.8 Å². The van der Waals surface area contributed by atoms with E-state index in [1.54, 1.807) is 42.5 Å². The molecule has 26 heavy (non-hydrogen) atoms. The van der Waals surface area contributed by atoms with E-state index in [2.05, 4.69) is 12.2 Å². The highest BCUT2D eigenvalue weighted by atomic mass is 35.5. The molecule has 1 saturated heterocycles. The highest BCUT2D eigenvalue weighted by molar-refractivity contribution is 6.35. The first kappa shape index (κ1) is 18.7. The number of nitrogens with zero attached hydrogens (tertiary/aromatic N) is 1. The topological polar surface area (TPSA) is 49.4 Å². The lowest BCUT2D eigenvalue weighted by molar-refractivity contribution is 0.0683. The number of carbonyl (C=O) groups excluding carboxylic acids is 2. The van der Waals surface area contributed by atoms with Gasteiger partial charge in [-0.1, -0.05) is 36.2 Å². The highest BCUT2D eigenvalue weighted by Crippen LogP contribution is 2.26. The van der Waals surface area contributed by atoms with Crippen molar-refractivity contribution in [3.63, 3.8) is 0 Å². The fourth-order valence-electron chi connectivity index (χ4n) is 3.14. The van der Waals surface area contributed by atoms with Crippen molar-refractivity contribution in [3.8, 4) is 0 Å². The molecule has 1 aliphatic heterocycles. The van der Waals surface area contributed by atoms with Crippen molar-refractivity contribution in [3.05, 3.63) is 63.6 Å². The third-order valence-electron chi connectivity index (χ3n) is 4.49. The molecule has 1 heterocycles. The second-order valence-corrected chi connectivity index (χ2v) is 7.50. The zero-order valence-electron chi connectivity index (χ0n) is 14.5. The molecule has 4 nitrogen and oxygen atoms in total. The summed E-state index contributed by atoms with van der Waals surface area (Å²) in [6, 6.07) is 11.6. The summed E-state index contributed by atoms with van der Waals surface area (Å²) in [4.78, 5) is 27.1. The van der Waals surface area contributed by atoms with E-state index in [9.17, 15) is 9.59 Å². The Kier molecular flexibility index (Phi) is 5.84. The lowest BCUT2D eigenvalue weighted by Crippen LogP contribution is -2.39. The summed E-state index contributed by atoms with van der Waals surface area (Å²) in [6.07, 6.45) is 2.16. The van der Waals surface area contributed by atoms with Gasteiger partial charge in [0.25, 0.3) is 11.8 Å². The van der Waals surface area contributed by atoms with Crippen molar-refractivity contribution in [1.82, 2.24) is 4.90 Å². The number of rotatable bonds is 3. The SMILES string of the molecule is CC1CCCN(C(=O)c2cccc(C(=O)Nc3cc(Cl)ccc3Cl)c2)C1. The number of amides is 2. The number of hydrogen-bond donors (Lipinski definition) is 1. The molecule has 1 atom stereocenters. The van der Waals surface area contributed by atoms with Gasteiger partial charge < -0.3 is 10.2 Å². The molecule has 1 aliphatic rings. The number of benzene rings is 2. The van der Waals surface area contributed by atoms with Gasteiger partial charge in [0.1, 0.15) is 0 Å². The Morgan fingerprint density at radius 2 is 1.88 bits per heavy atom. The van der Waals surface area contributed by atoms with Crippen LogP contribution in [0.15, 0.2) is 42.5 Å². The summed E-state index contributed by atoms with van der Waals surface area (Å²) in [7, 11) is 0. The second-order valence-electron chi connectivity index (χ2n) is 6.66. The van der Waals surface area contributed by atoms with Gasteiger partial charge >= 0.3 is 0 Å². The summed E-state index contributed by atoms with van der Waals surface area (Å²) in [5.41, 5.74) is 1.35. The number of likely N-dealkylation sites (tertiary alicyclic amines) is 1. The van der Waals surface area contributed by atoms with Crippen LogP contribution >= 0.6 is 23.2 Å². The van der Waals surface area contributed by atoms with E-state index in [4.69, 9.17) is 23.2 Å². The van der Waals surface area contributed by atoms with Crippen LogP contribution in [-0.2, 0) is 0 Å². The van der Waals surface area contributed by atoms with Crippen LogP contribution < -0.4 is 5.32 Å². The molecule has 2 aromatic carbocycles. The normalized spacial score (nSPS) is 17.0. The van der Waals surface area contributed by atoms with Crippen molar-refractivity contribution in [2.24, 2.45) is 5.92 Å². The van der Waals surface area contributed by atoms with Crippen LogP contribution in [0.1, 0.15) is 40.5 Å². The maximum Gasteiger partial charge on any atom is 0.255 e. The fraction of sp³-hybridized carbons (Fsp3) is 0.300. The molecule has 2 amide bonds. The van der Waals surface area contributed by atoms with E-state index < -0.39 is 0 Å². The Morgan fingerprint density at radius 1 is 1.12 bits per heavy atom. The molecular weight excluding hydrogens is 371 g/mol. The number of halogens is 2. The molecule has 136 valence electrons. The average molecular weight is 391 g/mol. The first-order chi connectivity index (χ1) is 12.4. The van der Waals surface area contributed by atoms with Crippen LogP contribution in [0, 0.1) is 5.92 Å². The average Bonchev–Trinajstić information content (AvgIpc) is 2.64. The van der Waals surface area contributed by atoms with Crippen molar-refractivity contribution in [2.45, 2.75) is 19.8 Å². The molecule has 3 rings (SSSR count). The Hall–Kier alpha value is -2.04. The van der Waals surface area contributed by atoms with Gasteiger partial charge in [-0.2, -0.15) is 0 Å². The lowest BCUT2D eigenvalue weighted by atomic mass is 9.99. The molecule has 0 radical (unpaired) electrons. The minimum absolute atomic E-state index is 0.0352. The molecule has 6 heteroatoms. The van der Waals surface area contributed by atoms with E-state index in [1.165, 1.54) is 0 Å². The minimum atomic E-state index is -0.337. The summed E-state index contributed by atoms with van der Waals surface area (Å²) in [5.74, 6) is 0.131. The molecule has 1 N–H and O–H groups in total. The Bertz CT molecular complexity index is 838. The largest absolute Gasteiger partial charge is 0.338 e. The van der Waals surface area contributed by atoms with E-state index in [1.807, 2.05) is 4.90 Å². The van der Waals surface area contributed by atoms with E-state index in [0.717, 1.165) is 25.9 Å². The maximum absolute atomic E-state index is 12.7. The number of anilines is 1. The summed E-state index contributed by atoms with van der Waals surface area (Å²) in [5, 5.41) is 3.62. The van der Waals surface area contributed by atoms with Gasteiger partial charge in [-0.25, -0.2) is 0 Å². The first-order valence-corrected chi connectivity index (χ1v) is 9.35. The van der Waals surface area contributed by atoms with E-state index >= 15 is 0 Å². The number of hydrogen-bond acceptors (Lipinski definition) is 2. The Labute approximate surface area is 163 Å². The summed E-state index contributed by atoms with van der Waals surface area (Å²) >= 11 is 12.0. The minimum Gasteiger partial charge on any atom is -0.338 e. The Balaban J connectivity index is 1.77. The summed E-state index contributed by atoms with van der Waals surface area (Å²) < 4.78 is 0. The molecule has 0 saturated carbocycles. The number of piperidine rings is 1. The lowest BCUT2D eigenvalue weighted by Gasteiger charge is -2.31. The van der Waals surface area contributed by atoms with Crippen LogP contribution in [0.2, 0.25) is 10.0 Å². The predicted octanol–water partition coefficient (Wildman–Crippen LogP) is 5.12. The van der Waals surface area contributed by atoms with E-state index in [0.29, 0.717) is 32.8 Å². The molecule has 0 aliphatic carbocycles. The molecule has 2 aromatic rings. The Morgan fingerprint density at radius 3 is 2.65 bits per heavy atom. The van der Waals surface area contributed by atoms with Gasteiger partial charge in [0, 0.05) is 29.2 Å². The fourth-order valence-corrected chi connectivity index (χ4v) is 3.47. The van der Waals surface area contributed by atoms with Crippen LogP contribution in [0.5, 0.6) is 0 Å². The van der Waals surface area contributed by atoms with Gasteiger partial charge in [-0.15, -0.1) is 0 Å².